The van der Waals surface area contributed by atoms with Crippen LogP contribution in [0.1, 0.15) is 16.5 Å². The van der Waals surface area contributed by atoms with Crippen molar-refractivity contribution in [3.05, 3.63) is 55.4 Å². The molecule has 1 heterocycles. The molecule has 1 aromatic heterocycles. The highest BCUT2D eigenvalue weighted by molar-refractivity contribution is 9.10. The summed E-state index contributed by atoms with van der Waals surface area (Å²) < 4.78 is 14.8. The van der Waals surface area contributed by atoms with E-state index in [0.29, 0.717) is 10.6 Å². The molecule has 0 spiro atoms. The molecule has 2 aromatic rings. The van der Waals surface area contributed by atoms with E-state index in [-0.39, 0.29) is 11.9 Å². The van der Waals surface area contributed by atoms with Crippen LogP contribution in [-0.4, -0.2) is 7.05 Å². The molecule has 0 amide bonds. The Hall–Kier alpha value is -0.420. The van der Waals surface area contributed by atoms with Crippen molar-refractivity contribution in [2.24, 2.45) is 0 Å². The fourth-order valence-corrected chi connectivity index (χ4v) is 3.58. The second-order valence-corrected chi connectivity index (χ2v) is 5.76. The quantitative estimate of drug-likeness (QED) is 0.864. The van der Waals surface area contributed by atoms with E-state index >= 15 is 0 Å². The Kier molecular flexibility index (Phi) is 4.20. The summed E-state index contributed by atoms with van der Waals surface area (Å²) >= 11 is 11.0. The highest BCUT2D eigenvalue weighted by Gasteiger charge is 2.19. The zero-order chi connectivity index (χ0) is 12.4. The summed E-state index contributed by atoms with van der Waals surface area (Å²) in [6.45, 7) is 0. The van der Waals surface area contributed by atoms with Gasteiger partial charge in [-0.2, -0.15) is 0 Å². The van der Waals surface area contributed by atoms with Gasteiger partial charge in [-0.1, -0.05) is 11.6 Å². The molecule has 1 nitrogen and oxygen atoms in total. The van der Waals surface area contributed by atoms with E-state index in [0.717, 1.165) is 9.35 Å². The van der Waals surface area contributed by atoms with Crippen molar-refractivity contribution in [1.29, 1.82) is 0 Å². The van der Waals surface area contributed by atoms with Crippen LogP contribution in [0, 0.1) is 5.82 Å². The monoisotopic (exact) mass is 333 g/mol. The lowest BCUT2D eigenvalue weighted by Crippen LogP contribution is -2.18. The van der Waals surface area contributed by atoms with Crippen molar-refractivity contribution in [1.82, 2.24) is 5.32 Å². The van der Waals surface area contributed by atoms with E-state index < -0.39 is 0 Å². The summed E-state index contributed by atoms with van der Waals surface area (Å²) in [6, 6.07) is 6.36. The van der Waals surface area contributed by atoms with Crippen LogP contribution in [0.5, 0.6) is 0 Å². The van der Waals surface area contributed by atoms with Crippen LogP contribution in [0.15, 0.2) is 34.1 Å². The van der Waals surface area contributed by atoms with Crippen molar-refractivity contribution in [3.8, 4) is 0 Å². The molecule has 0 radical (unpaired) electrons. The van der Waals surface area contributed by atoms with Gasteiger partial charge in [0.05, 0.1) is 6.04 Å². The molecule has 0 saturated carbocycles. The maximum Gasteiger partial charge on any atom is 0.128 e. The zero-order valence-corrected chi connectivity index (χ0v) is 12.2. The molecule has 1 unspecified atom stereocenters. The van der Waals surface area contributed by atoms with Crippen LogP contribution in [0.2, 0.25) is 5.02 Å². The first-order chi connectivity index (χ1) is 8.13. The summed E-state index contributed by atoms with van der Waals surface area (Å²) in [5.74, 6) is -0.256. The minimum Gasteiger partial charge on any atom is -0.309 e. The summed E-state index contributed by atoms with van der Waals surface area (Å²) in [6.07, 6.45) is 0. The summed E-state index contributed by atoms with van der Waals surface area (Å²) in [5.41, 5.74) is 0.558. The molecular formula is C12H10BrClFNS. The molecule has 0 fully saturated rings. The Morgan fingerprint density at radius 2 is 2.18 bits per heavy atom. The molecule has 5 heteroatoms. The SMILES string of the molecule is CNC(c1cc(Cl)ccc1F)c1sccc1Br. The second kappa shape index (κ2) is 5.48. The first-order valence-corrected chi connectivity index (χ1v) is 7.03. The van der Waals surface area contributed by atoms with Crippen molar-refractivity contribution in [3.63, 3.8) is 0 Å². The Balaban J connectivity index is 2.49. The highest BCUT2D eigenvalue weighted by atomic mass is 79.9. The summed E-state index contributed by atoms with van der Waals surface area (Å²) in [7, 11) is 1.80. The maximum atomic E-state index is 13.8. The van der Waals surface area contributed by atoms with Crippen LogP contribution in [-0.2, 0) is 0 Å². The molecule has 0 aliphatic carbocycles. The van der Waals surface area contributed by atoms with Gasteiger partial charge in [0.25, 0.3) is 0 Å². The summed E-state index contributed by atoms with van der Waals surface area (Å²) in [4.78, 5) is 1.04. The van der Waals surface area contributed by atoms with E-state index in [2.05, 4.69) is 21.2 Å². The zero-order valence-electron chi connectivity index (χ0n) is 9.01. The van der Waals surface area contributed by atoms with Gasteiger partial charge >= 0.3 is 0 Å². The lowest BCUT2D eigenvalue weighted by molar-refractivity contribution is 0.579. The van der Waals surface area contributed by atoms with Gasteiger partial charge in [-0.25, -0.2) is 4.39 Å². The minimum absolute atomic E-state index is 0.192. The van der Waals surface area contributed by atoms with Gasteiger partial charge < -0.3 is 5.32 Å². The summed E-state index contributed by atoms with van der Waals surface area (Å²) in [5, 5.41) is 5.61. The van der Waals surface area contributed by atoms with Crippen molar-refractivity contribution in [2.45, 2.75) is 6.04 Å². The van der Waals surface area contributed by atoms with Gasteiger partial charge in [0.2, 0.25) is 0 Å². The number of nitrogens with one attached hydrogen (secondary N) is 1. The minimum atomic E-state index is -0.256. The standard InChI is InChI=1S/C12H10BrClFNS/c1-16-11(12-9(13)4-5-17-12)8-6-7(14)2-3-10(8)15/h2-6,11,16H,1H3. The van der Waals surface area contributed by atoms with Crippen LogP contribution >= 0.6 is 38.9 Å². The Labute approximate surface area is 117 Å². The number of thiophene rings is 1. The van der Waals surface area contributed by atoms with Crippen LogP contribution in [0.3, 0.4) is 0 Å². The predicted octanol–water partition coefficient (Wildman–Crippen LogP) is 4.61. The molecule has 90 valence electrons. The molecule has 1 N–H and O–H groups in total. The molecule has 1 atom stereocenters. The van der Waals surface area contributed by atoms with Gasteiger partial charge in [-0.05, 0) is 52.6 Å². The number of hydrogen-bond acceptors (Lipinski definition) is 2. The molecule has 2 rings (SSSR count). The molecule has 0 aliphatic rings. The van der Waals surface area contributed by atoms with Crippen LogP contribution in [0.25, 0.3) is 0 Å². The third kappa shape index (κ3) is 2.71. The number of hydrogen-bond donors (Lipinski definition) is 1. The smallest absolute Gasteiger partial charge is 0.128 e. The molecule has 0 aliphatic heterocycles. The normalized spacial score (nSPS) is 12.7. The fourth-order valence-electron chi connectivity index (χ4n) is 1.68. The average molecular weight is 335 g/mol. The number of rotatable bonds is 3. The van der Waals surface area contributed by atoms with E-state index in [1.54, 1.807) is 30.5 Å². The Bertz CT molecular complexity index is 529. The fraction of sp³-hybridized carbons (Fsp3) is 0.167. The van der Waals surface area contributed by atoms with E-state index in [4.69, 9.17) is 11.6 Å². The Morgan fingerprint density at radius 3 is 2.76 bits per heavy atom. The Morgan fingerprint density at radius 1 is 1.41 bits per heavy atom. The first kappa shape index (κ1) is 13.0. The van der Waals surface area contributed by atoms with Crippen LogP contribution in [0.4, 0.5) is 4.39 Å². The molecule has 0 saturated heterocycles. The second-order valence-electron chi connectivity index (χ2n) is 3.52. The van der Waals surface area contributed by atoms with Gasteiger partial charge in [0, 0.05) is 19.9 Å². The van der Waals surface area contributed by atoms with Gasteiger partial charge in [0.1, 0.15) is 5.82 Å². The lowest BCUT2D eigenvalue weighted by atomic mass is 10.1. The van der Waals surface area contributed by atoms with Crippen molar-refractivity contribution in [2.75, 3.05) is 7.05 Å². The van der Waals surface area contributed by atoms with E-state index in [1.165, 1.54) is 6.07 Å². The molecule has 0 bridgehead atoms. The average Bonchev–Trinajstić information content (AvgIpc) is 2.71. The highest BCUT2D eigenvalue weighted by Crippen LogP contribution is 2.34. The third-order valence-electron chi connectivity index (χ3n) is 2.46. The van der Waals surface area contributed by atoms with Crippen molar-refractivity contribution >= 4 is 38.9 Å². The van der Waals surface area contributed by atoms with Crippen LogP contribution < -0.4 is 5.32 Å². The predicted molar refractivity (Wildman–Crippen MR) is 74.3 cm³/mol. The third-order valence-corrected chi connectivity index (χ3v) is 4.64. The largest absolute Gasteiger partial charge is 0.309 e. The number of benzene rings is 1. The molecular weight excluding hydrogens is 325 g/mol. The molecule has 1 aromatic carbocycles. The van der Waals surface area contributed by atoms with E-state index in [9.17, 15) is 4.39 Å². The maximum absolute atomic E-state index is 13.8. The molecule has 17 heavy (non-hydrogen) atoms. The number of halogens is 3. The van der Waals surface area contributed by atoms with Gasteiger partial charge in [-0.15, -0.1) is 11.3 Å². The topological polar surface area (TPSA) is 12.0 Å². The van der Waals surface area contributed by atoms with Gasteiger partial charge in [-0.3, -0.25) is 0 Å². The lowest BCUT2D eigenvalue weighted by Gasteiger charge is -2.17. The van der Waals surface area contributed by atoms with Crippen molar-refractivity contribution < 1.29 is 4.39 Å². The van der Waals surface area contributed by atoms with Gasteiger partial charge in [0.15, 0.2) is 0 Å². The first-order valence-electron chi connectivity index (χ1n) is 4.98. The van der Waals surface area contributed by atoms with E-state index in [1.807, 2.05) is 11.4 Å².